The van der Waals surface area contributed by atoms with Crippen molar-refractivity contribution in [3.05, 3.63) is 18.2 Å². The summed E-state index contributed by atoms with van der Waals surface area (Å²) in [5.74, 6) is -2.04. The Labute approximate surface area is 195 Å². The first-order valence-corrected chi connectivity index (χ1v) is 11.6. The number of nitrogens with one attached hydrogen (secondary N) is 3. The largest absolute Gasteiger partial charge is 0.367 e. The number of hydrazine groups is 1. The smallest absolute Gasteiger partial charge is 0.233 e. The molecule has 13 heteroatoms. The zero-order valence-electron chi connectivity index (χ0n) is 18.6. The van der Waals surface area contributed by atoms with E-state index >= 15 is 0 Å². The number of anilines is 2. The number of likely N-dealkylation sites (tertiary alicyclic amines) is 1. The molecule has 10 nitrogen and oxygen atoms in total. The second-order valence-electron chi connectivity index (χ2n) is 9.39. The zero-order chi connectivity index (χ0) is 24.0. The normalized spacial score (nSPS) is 30.7. The quantitative estimate of drug-likeness (QED) is 0.456. The van der Waals surface area contributed by atoms with Gasteiger partial charge in [0.2, 0.25) is 11.8 Å². The van der Waals surface area contributed by atoms with E-state index in [1.165, 1.54) is 11.1 Å². The van der Waals surface area contributed by atoms with Crippen LogP contribution in [0.4, 0.5) is 24.5 Å². The van der Waals surface area contributed by atoms with E-state index in [4.69, 9.17) is 5.73 Å². The lowest BCUT2D eigenvalue weighted by molar-refractivity contribution is -0.143. The van der Waals surface area contributed by atoms with Crippen molar-refractivity contribution >= 4 is 23.2 Å². The van der Waals surface area contributed by atoms with Crippen molar-refractivity contribution < 1.29 is 22.8 Å². The number of rotatable bonds is 4. The first-order valence-electron chi connectivity index (χ1n) is 11.6. The zero-order valence-corrected chi connectivity index (χ0v) is 18.6. The summed E-state index contributed by atoms with van der Waals surface area (Å²) in [7, 11) is 0. The van der Waals surface area contributed by atoms with Crippen molar-refractivity contribution in [1.82, 2.24) is 25.6 Å². The number of hydrogen-bond acceptors (Lipinski definition) is 8. The number of fused-ring (bicyclic) bond motifs is 1. The Balaban J connectivity index is 1.26. The topological polar surface area (TPSA) is 119 Å². The Bertz CT molecular complexity index is 941. The average Bonchev–Trinajstić information content (AvgIpc) is 3.11. The molecule has 4 atom stereocenters. The van der Waals surface area contributed by atoms with Crippen molar-refractivity contribution in [3.8, 4) is 0 Å². The van der Waals surface area contributed by atoms with Crippen molar-refractivity contribution in [2.45, 2.75) is 37.5 Å². The summed E-state index contributed by atoms with van der Waals surface area (Å²) in [5.41, 5.74) is 9.44. The molecule has 4 unspecified atom stereocenters. The summed E-state index contributed by atoms with van der Waals surface area (Å²) in [5, 5.41) is 7.33. The Morgan fingerprint density at radius 1 is 1.12 bits per heavy atom. The highest BCUT2D eigenvalue weighted by Gasteiger charge is 2.47. The minimum absolute atomic E-state index is 0.0555. The molecule has 4 aliphatic heterocycles. The molecule has 0 aliphatic carbocycles. The lowest BCUT2D eigenvalue weighted by Crippen LogP contribution is -2.58. The summed E-state index contributed by atoms with van der Waals surface area (Å²) in [6.07, 6.45) is 0.225. The number of halogens is 3. The summed E-state index contributed by atoms with van der Waals surface area (Å²) in [4.78, 5) is 32.9. The maximum absolute atomic E-state index is 14.9. The summed E-state index contributed by atoms with van der Waals surface area (Å²) < 4.78 is 41.7. The molecule has 186 valence electrons. The van der Waals surface area contributed by atoms with Crippen LogP contribution in [0.3, 0.4) is 0 Å². The minimum Gasteiger partial charge on any atom is -0.367 e. The molecule has 2 amide bonds. The Hall–Kier alpha value is -2.48. The van der Waals surface area contributed by atoms with Crippen LogP contribution < -0.4 is 26.7 Å². The van der Waals surface area contributed by atoms with Gasteiger partial charge in [0, 0.05) is 32.1 Å². The average molecular weight is 483 g/mol. The maximum Gasteiger partial charge on any atom is 0.233 e. The second kappa shape index (κ2) is 9.29. The summed E-state index contributed by atoms with van der Waals surface area (Å²) >= 11 is 0. The van der Waals surface area contributed by atoms with Crippen molar-refractivity contribution in [2.75, 3.05) is 49.5 Å². The van der Waals surface area contributed by atoms with Crippen molar-refractivity contribution in [3.63, 3.8) is 0 Å². The molecule has 4 saturated heterocycles. The Kier molecular flexibility index (Phi) is 6.35. The van der Waals surface area contributed by atoms with Gasteiger partial charge in [-0.1, -0.05) is 0 Å². The fourth-order valence-electron chi connectivity index (χ4n) is 5.25. The Morgan fingerprint density at radius 2 is 1.85 bits per heavy atom. The molecule has 4 aliphatic rings. The molecular weight excluding hydrogens is 453 g/mol. The lowest BCUT2D eigenvalue weighted by atomic mass is 9.93. The third-order valence-electron chi connectivity index (χ3n) is 7.06. The van der Waals surface area contributed by atoms with E-state index in [1.807, 2.05) is 0 Å². The first kappa shape index (κ1) is 23.3. The number of amides is 2. The van der Waals surface area contributed by atoms with Gasteiger partial charge in [0.05, 0.1) is 49.4 Å². The van der Waals surface area contributed by atoms with Gasteiger partial charge in [0.1, 0.15) is 18.0 Å². The SMILES string of the molecule is NC1NN2CC(F)CNC2C1C(=O)Nc1cncc(F)c1N1CCC(C(=O)N2CC(F)C2)CC1. The highest BCUT2D eigenvalue weighted by Crippen LogP contribution is 2.34. The number of alkyl halides is 2. The lowest BCUT2D eigenvalue weighted by Gasteiger charge is -2.40. The molecule has 4 fully saturated rings. The van der Waals surface area contributed by atoms with E-state index in [0.717, 1.165) is 6.20 Å². The van der Waals surface area contributed by atoms with Crippen LogP contribution >= 0.6 is 0 Å². The van der Waals surface area contributed by atoms with Crippen molar-refractivity contribution in [2.24, 2.45) is 17.6 Å². The molecule has 1 aromatic rings. The number of carbonyl (C=O) groups is 2. The van der Waals surface area contributed by atoms with Crippen LogP contribution in [0.25, 0.3) is 0 Å². The molecule has 0 radical (unpaired) electrons. The van der Waals surface area contributed by atoms with Gasteiger partial charge < -0.3 is 20.9 Å². The third-order valence-corrected chi connectivity index (χ3v) is 7.06. The Morgan fingerprint density at radius 3 is 2.56 bits per heavy atom. The van der Waals surface area contributed by atoms with Gasteiger partial charge in [-0.2, -0.15) is 0 Å². The fourth-order valence-corrected chi connectivity index (χ4v) is 5.25. The van der Waals surface area contributed by atoms with Crippen LogP contribution in [0, 0.1) is 17.7 Å². The number of nitrogens with zero attached hydrogens (tertiary/aromatic N) is 4. The maximum atomic E-state index is 14.9. The third kappa shape index (κ3) is 4.32. The van der Waals surface area contributed by atoms with E-state index in [2.05, 4.69) is 21.0 Å². The van der Waals surface area contributed by atoms with Gasteiger partial charge in [-0.05, 0) is 12.8 Å². The van der Waals surface area contributed by atoms with Crippen molar-refractivity contribution in [1.29, 1.82) is 0 Å². The molecule has 34 heavy (non-hydrogen) atoms. The summed E-state index contributed by atoms with van der Waals surface area (Å²) in [6, 6.07) is 0. The monoisotopic (exact) mass is 482 g/mol. The first-order chi connectivity index (χ1) is 16.3. The van der Waals surface area contributed by atoms with Crippen LogP contribution in [0.5, 0.6) is 0 Å². The van der Waals surface area contributed by atoms with Crippen LogP contribution in [-0.2, 0) is 9.59 Å². The highest BCUT2D eigenvalue weighted by atomic mass is 19.1. The predicted molar refractivity (Wildman–Crippen MR) is 117 cm³/mol. The van der Waals surface area contributed by atoms with E-state index in [0.29, 0.717) is 25.9 Å². The fraction of sp³-hybridized carbons (Fsp3) is 0.667. The molecule has 1 aromatic heterocycles. The molecule has 0 bridgehead atoms. The number of aromatic nitrogens is 1. The van der Waals surface area contributed by atoms with Crippen LogP contribution in [0.15, 0.2) is 12.4 Å². The molecule has 5 rings (SSSR count). The van der Waals surface area contributed by atoms with Crippen LogP contribution in [-0.4, -0.2) is 90.7 Å². The summed E-state index contributed by atoms with van der Waals surface area (Å²) in [6.45, 7) is 1.33. The van der Waals surface area contributed by atoms with Gasteiger partial charge in [0.15, 0.2) is 5.82 Å². The van der Waals surface area contributed by atoms with E-state index in [9.17, 15) is 22.8 Å². The number of carbonyl (C=O) groups excluding carboxylic acids is 2. The van der Waals surface area contributed by atoms with Crippen LogP contribution in [0.2, 0.25) is 0 Å². The van der Waals surface area contributed by atoms with Crippen LogP contribution in [0.1, 0.15) is 12.8 Å². The van der Waals surface area contributed by atoms with Gasteiger partial charge in [-0.25, -0.2) is 23.6 Å². The molecular formula is C21H29F3N8O2. The molecule has 5 N–H and O–H groups in total. The van der Waals surface area contributed by atoms with E-state index in [1.54, 1.807) is 9.91 Å². The molecule has 0 aromatic carbocycles. The second-order valence-corrected chi connectivity index (χ2v) is 9.39. The number of hydrogen-bond donors (Lipinski definition) is 4. The number of pyridine rings is 1. The van der Waals surface area contributed by atoms with Gasteiger partial charge in [-0.15, -0.1) is 0 Å². The molecule has 5 heterocycles. The van der Waals surface area contributed by atoms with E-state index in [-0.39, 0.29) is 49.4 Å². The molecule has 0 spiro atoms. The predicted octanol–water partition coefficient (Wildman–Crippen LogP) is -0.455. The molecule has 0 saturated carbocycles. The standard InChI is InChI=1S/C21H29F3N8O2/c22-12-5-27-19-16(18(25)29-32(19)10-12)20(33)28-15-7-26-6-14(24)17(15)30-3-1-11(2-4-30)21(34)31-8-13(23)9-31/h6-7,11-13,16,18-19,27,29H,1-5,8-10,25H2,(H,28,33). The highest BCUT2D eigenvalue weighted by molar-refractivity contribution is 5.96. The van der Waals surface area contributed by atoms with Gasteiger partial charge in [-0.3, -0.25) is 19.9 Å². The van der Waals surface area contributed by atoms with Gasteiger partial charge >= 0.3 is 0 Å². The van der Waals surface area contributed by atoms with E-state index < -0.39 is 42.3 Å². The number of nitrogens with two attached hydrogens (primary N) is 1. The number of piperidine rings is 1. The van der Waals surface area contributed by atoms with Gasteiger partial charge in [0.25, 0.3) is 0 Å². The minimum atomic E-state index is -1.08.